The van der Waals surface area contributed by atoms with E-state index in [4.69, 9.17) is 20.4 Å². The highest BCUT2D eigenvalue weighted by Gasteiger charge is 2.22. The van der Waals surface area contributed by atoms with Crippen LogP contribution < -0.4 is 14.8 Å². The Morgan fingerprint density at radius 1 is 1.10 bits per heavy atom. The fourth-order valence-corrected chi connectivity index (χ4v) is 5.79. The van der Waals surface area contributed by atoms with Crippen LogP contribution in [0.2, 0.25) is 0 Å². The Morgan fingerprint density at radius 2 is 1.88 bits per heavy atom. The van der Waals surface area contributed by atoms with E-state index in [2.05, 4.69) is 10.0 Å². The van der Waals surface area contributed by atoms with Crippen LogP contribution in [0.4, 0.5) is 10.5 Å². The molecule has 9 nitrogen and oxygen atoms in total. The zero-order valence-electron chi connectivity index (χ0n) is 30.3. The maximum Gasteiger partial charge on any atom is 0.411 e. The molecule has 0 aliphatic heterocycles. The summed E-state index contributed by atoms with van der Waals surface area (Å²) in [5.74, 6) is -0.669. The van der Waals surface area contributed by atoms with E-state index in [1.165, 1.54) is 49.7 Å². The van der Waals surface area contributed by atoms with Crippen molar-refractivity contribution in [2.75, 3.05) is 12.4 Å². The van der Waals surface area contributed by atoms with E-state index in [0.717, 1.165) is 4.57 Å². The van der Waals surface area contributed by atoms with Crippen LogP contribution >= 0.6 is 0 Å². The fraction of sp³-hybridized carbons (Fsp3) is 0.290. The Hall–Kier alpha value is -4.31. The topological polar surface area (TPSA) is 116 Å². The fourth-order valence-electron chi connectivity index (χ4n) is 4.57. The maximum atomic E-state index is 13.0. The molecule has 1 heterocycles. The standard InChI is InChI=1S/C31H33N3O6S/c1-20-8-4-7-11-29(20)41(37,38)33-30(35)22-13-12-21(28(17-22)39-3)16-23-19-34(2)27-15-14-24(18-26(23)27)32-31(36)40-25-9-5-6-10-25/h4,7-8,11-15,17-19,25H,5-6,9-10,16H2,1-3H3,(H,32,36)(H,33,35)/i2D3,9D2,10D2,25D. The average Bonchev–Trinajstić information content (AvgIpc) is 3.44. The lowest BCUT2D eigenvalue weighted by Crippen LogP contribution is -2.31. The van der Waals surface area contributed by atoms with Gasteiger partial charge in [-0.1, -0.05) is 24.3 Å². The SMILES string of the molecule is [2H]C([2H])([2H])n1cc(Cc2ccc(C(=O)NS(=O)(=O)c3ccccc3C)cc2OC)c2cc(NC(=O)OC3([2H])C([2H])([2H])CCC3([2H])[2H])ccc21. The van der Waals surface area contributed by atoms with E-state index in [1.54, 1.807) is 31.2 Å². The number of aromatic nitrogens is 1. The molecule has 41 heavy (non-hydrogen) atoms. The minimum absolute atomic E-state index is 0.00383. The summed E-state index contributed by atoms with van der Waals surface area (Å²) in [4.78, 5) is 25.8. The van der Waals surface area contributed by atoms with Crippen LogP contribution in [0.15, 0.2) is 71.8 Å². The molecule has 2 N–H and O–H groups in total. The number of aryl methyl sites for hydroxylation is 2. The van der Waals surface area contributed by atoms with E-state index in [-0.39, 0.29) is 46.7 Å². The van der Waals surface area contributed by atoms with Crippen LogP contribution in [-0.2, 0) is 28.2 Å². The van der Waals surface area contributed by atoms with Crippen molar-refractivity contribution in [3.05, 3.63) is 89.1 Å². The quantitative estimate of drug-likeness (QED) is 0.275. The van der Waals surface area contributed by atoms with Gasteiger partial charge in [0, 0.05) is 51.3 Å². The first-order valence-electron chi connectivity index (χ1n) is 16.6. The lowest BCUT2D eigenvalue weighted by molar-refractivity contribution is 0.0980. The highest BCUT2D eigenvalue weighted by Crippen LogP contribution is 2.30. The molecule has 0 spiro atoms. The summed E-state index contributed by atoms with van der Waals surface area (Å²) in [6.45, 7) is -0.980. The molecule has 1 aromatic heterocycles. The van der Waals surface area contributed by atoms with Crippen LogP contribution in [-0.4, -0.2) is 38.2 Å². The minimum Gasteiger partial charge on any atom is -0.496 e. The van der Waals surface area contributed by atoms with E-state index < -0.39 is 47.8 Å². The summed E-state index contributed by atoms with van der Waals surface area (Å²) < 4.78 is 104. The van der Waals surface area contributed by atoms with Gasteiger partial charge in [-0.15, -0.1) is 0 Å². The summed E-state index contributed by atoms with van der Waals surface area (Å²) >= 11 is 0. The molecule has 3 aromatic carbocycles. The summed E-state index contributed by atoms with van der Waals surface area (Å²) in [5.41, 5.74) is 1.84. The molecular formula is C31H33N3O6S. The Labute approximate surface area is 250 Å². The Balaban J connectivity index is 1.43. The third-order valence-corrected chi connectivity index (χ3v) is 8.06. The van der Waals surface area contributed by atoms with E-state index in [0.29, 0.717) is 22.1 Å². The van der Waals surface area contributed by atoms with Crippen molar-refractivity contribution >= 4 is 38.6 Å². The number of carbonyl (C=O) groups is 2. The van der Waals surface area contributed by atoms with Gasteiger partial charge in [0.05, 0.1) is 13.4 Å². The first-order valence-corrected chi connectivity index (χ1v) is 14.1. The zero-order chi connectivity index (χ0) is 36.2. The average molecular weight is 584 g/mol. The van der Waals surface area contributed by atoms with Gasteiger partial charge in [-0.25, -0.2) is 17.9 Å². The van der Waals surface area contributed by atoms with E-state index in [9.17, 15) is 18.0 Å². The molecular weight excluding hydrogens is 542 g/mol. The molecule has 0 unspecified atom stereocenters. The zero-order valence-corrected chi connectivity index (χ0v) is 23.1. The molecule has 0 saturated heterocycles. The molecule has 1 fully saturated rings. The van der Waals surface area contributed by atoms with Gasteiger partial charge in [0.15, 0.2) is 0 Å². The lowest BCUT2D eigenvalue weighted by Gasteiger charge is -2.13. The van der Waals surface area contributed by atoms with Crippen molar-refractivity contribution < 1.29 is 38.4 Å². The van der Waals surface area contributed by atoms with E-state index >= 15 is 0 Å². The number of hydrogen-bond acceptors (Lipinski definition) is 6. The Kier molecular flexibility index (Phi) is 5.61. The van der Waals surface area contributed by atoms with Gasteiger partial charge in [0.2, 0.25) is 0 Å². The molecule has 0 bridgehead atoms. The molecule has 0 atom stereocenters. The van der Waals surface area contributed by atoms with Crippen molar-refractivity contribution in [2.45, 2.75) is 49.9 Å². The van der Waals surface area contributed by atoms with Crippen LogP contribution in [0.3, 0.4) is 0 Å². The van der Waals surface area contributed by atoms with Gasteiger partial charge in [-0.2, -0.15) is 0 Å². The molecule has 2 amide bonds. The van der Waals surface area contributed by atoms with Crippen molar-refractivity contribution in [2.24, 2.45) is 6.98 Å². The molecule has 0 radical (unpaired) electrons. The predicted octanol–water partition coefficient (Wildman–Crippen LogP) is 5.70. The van der Waals surface area contributed by atoms with Crippen molar-refractivity contribution in [3.8, 4) is 5.75 Å². The van der Waals surface area contributed by atoms with Crippen LogP contribution in [0, 0.1) is 6.92 Å². The second-order valence-electron chi connectivity index (χ2n) is 9.36. The number of ether oxygens (including phenoxy) is 2. The third kappa shape index (κ3) is 6.22. The summed E-state index contributed by atoms with van der Waals surface area (Å²) in [5, 5.41) is 2.79. The third-order valence-electron chi connectivity index (χ3n) is 6.56. The van der Waals surface area contributed by atoms with Gasteiger partial charge in [-0.3, -0.25) is 10.1 Å². The molecule has 10 heteroatoms. The number of methoxy groups -OCH3 is 1. The Morgan fingerprint density at radius 3 is 2.61 bits per heavy atom. The number of anilines is 1. The number of nitrogens with one attached hydrogen (secondary N) is 2. The normalized spacial score (nSPS) is 20.1. The summed E-state index contributed by atoms with van der Waals surface area (Å²) in [6, 6.07) is 14.8. The minimum atomic E-state index is -4.17. The molecule has 4 aromatic rings. The van der Waals surface area contributed by atoms with Gasteiger partial charge in [0.1, 0.15) is 11.8 Å². The number of fused-ring (bicyclic) bond motifs is 1. The molecule has 1 aliphatic rings. The Bertz CT molecular complexity index is 2050. The number of benzene rings is 3. The largest absolute Gasteiger partial charge is 0.496 e. The molecule has 1 aliphatic carbocycles. The molecule has 214 valence electrons. The second-order valence-corrected chi connectivity index (χ2v) is 11.0. The van der Waals surface area contributed by atoms with Gasteiger partial charge in [0.25, 0.3) is 15.9 Å². The first-order chi connectivity index (χ1) is 22.7. The highest BCUT2D eigenvalue weighted by atomic mass is 32.2. The van der Waals surface area contributed by atoms with Crippen molar-refractivity contribution in [1.29, 1.82) is 0 Å². The summed E-state index contributed by atoms with van der Waals surface area (Å²) in [7, 11) is -2.81. The number of rotatable bonds is 8. The van der Waals surface area contributed by atoms with Crippen LogP contribution in [0.25, 0.3) is 10.9 Å². The van der Waals surface area contributed by atoms with Gasteiger partial charge in [-0.05, 0) is 85.6 Å². The maximum absolute atomic E-state index is 13.0. The lowest BCUT2D eigenvalue weighted by atomic mass is 10.0. The highest BCUT2D eigenvalue weighted by molar-refractivity contribution is 7.90. The number of carbonyl (C=O) groups excluding carboxylic acids is 2. The number of amides is 2. The smallest absolute Gasteiger partial charge is 0.411 e. The van der Waals surface area contributed by atoms with Crippen molar-refractivity contribution in [1.82, 2.24) is 9.29 Å². The summed E-state index contributed by atoms with van der Waals surface area (Å²) in [6.07, 6.45) is -8.06. The number of sulfonamides is 1. The molecule has 1 saturated carbocycles. The van der Waals surface area contributed by atoms with E-state index in [1.807, 2.05) is 0 Å². The second kappa shape index (κ2) is 11.7. The van der Waals surface area contributed by atoms with Crippen molar-refractivity contribution in [3.63, 3.8) is 0 Å². The van der Waals surface area contributed by atoms with Crippen LogP contribution in [0.1, 0.15) is 63.6 Å². The van der Waals surface area contributed by atoms with Crippen LogP contribution in [0.5, 0.6) is 5.75 Å². The monoisotopic (exact) mass is 583 g/mol. The van der Waals surface area contributed by atoms with Gasteiger partial charge < -0.3 is 14.0 Å². The first kappa shape index (κ1) is 19.7. The number of hydrogen-bond donors (Lipinski definition) is 2. The molecule has 5 rings (SSSR count). The number of nitrogens with zero attached hydrogens (tertiary/aromatic N) is 1. The van der Waals surface area contributed by atoms with Gasteiger partial charge >= 0.3 is 6.09 Å². The predicted molar refractivity (Wildman–Crippen MR) is 157 cm³/mol.